The number of esters is 1. The van der Waals surface area contributed by atoms with E-state index >= 15 is 0 Å². The highest BCUT2D eigenvalue weighted by Crippen LogP contribution is 2.33. The molecule has 1 saturated heterocycles. The minimum absolute atomic E-state index is 0.0214. The number of rotatable bonds is 7. The maximum absolute atomic E-state index is 12.1. The van der Waals surface area contributed by atoms with Gasteiger partial charge in [0.1, 0.15) is 0 Å². The van der Waals surface area contributed by atoms with Gasteiger partial charge in [-0.1, -0.05) is 37.5 Å². The highest BCUT2D eigenvalue weighted by molar-refractivity contribution is 5.85. The van der Waals surface area contributed by atoms with E-state index < -0.39 is 5.97 Å². The summed E-state index contributed by atoms with van der Waals surface area (Å²) < 4.78 is 10.4. The quantitative estimate of drug-likeness (QED) is 0.431. The standard InChI is InChI=1S/C19H30N2O4/c1-2-3-5-8-18(23)25-15-17(22)20-16-19(9-6-4-7-10-19)21-11-13-24-14-12-21/h2-3,5,8H,4,6-7,9-16H2,1H3,(H,20,22)/b3-2+,8-5+. The normalized spacial score (nSPS) is 21.5. The van der Waals surface area contributed by atoms with Crippen molar-refractivity contribution in [3.8, 4) is 0 Å². The molecule has 2 rings (SSSR count). The Hall–Kier alpha value is -1.66. The van der Waals surface area contributed by atoms with E-state index in [-0.39, 0.29) is 18.1 Å². The topological polar surface area (TPSA) is 67.9 Å². The lowest BCUT2D eigenvalue weighted by Gasteiger charge is -2.48. The molecule has 0 radical (unpaired) electrons. The molecule has 25 heavy (non-hydrogen) atoms. The van der Waals surface area contributed by atoms with Crippen LogP contribution in [0.15, 0.2) is 24.3 Å². The van der Waals surface area contributed by atoms with Gasteiger partial charge in [0.05, 0.1) is 13.2 Å². The van der Waals surface area contributed by atoms with Crippen LogP contribution in [-0.2, 0) is 19.1 Å². The first-order valence-electron chi connectivity index (χ1n) is 9.22. The average molecular weight is 350 g/mol. The van der Waals surface area contributed by atoms with E-state index in [4.69, 9.17) is 9.47 Å². The van der Waals surface area contributed by atoms with Crippen LogP contribution in [0.1, 0.15) is 39.0 Å². The fourth-order valence-electron chi connectivity index (χ4n) is 3.60. The van der Waals surface area contributed by atoms with Crippen molar-refractivity contribution in [2.24, 2.45) is 0 Å². The zero-order valence-electron chi connectivity index (χ0n) is 15.2. The van der Waals surface area contributed by atoms with Crippen LogP contribution in [0.25, 0.3) is 0 Å². The fraction of sp³-hybridized carbons (Fsp3) is 0.684. The average Bonchev–Trinajstić information content (AvgIpc) is 2.66. The Morgan fingerprint density at radius 3 is 2.56 bits per heavy atom. The van der Waals surface area contributed by atoms with Gasteiger partial charge in [-0.2, -0.15) is 0 Å². The second-order valence-electron chi connectivity index (χ2n) is 6.65. The Morgan fingerprint density at radius 2 is 1.88 bits per heavy atom. The number of allylic oxidation sites excluding steroid dienone is 3. The van der Waals surface area contributed by atoms with Gasteiger partial charge >= 0.3 is 5.97 Å². The van der Waals surface area contributed by atoms with Gasteiger partial charge in [0.25, 0.3) is 5.91 Å². The van der Waals surface area contributed by atoms with Crippen molar-refractivity contribution in [1.29, 1.82) is 0 Å². The minimum atomic E-state index is -0.506. The maximum atomic E-state index is 12.1. The van der Waals surface area contributed by atoms with E-state index in [2.05, 4.69) is 10.2 Å². The molecule has 0 aromatic carbocycles. The minimum Gasteiger partial charge on any atom is -0.452 e. The Labute approximate surface area is 150 Å². The zero-order valence-corrected chi connectivity index (χ0v) is 15.2. The first-order chi connectivity index (χ1) is 12.2. The van der Waals surface area contributed by atoms with Gasteiger partial charge in [-0.15, -0.1) is 0 Å². The summed E-state index contributed by atoms with van der Waals surface area (Å²) in [5.41, 5.74) is 0.0214. The molecule has 0 aromatic rings. The predicted molar refractivity (Wildman–Crippen MR) is 96.1 cm³/mol. The number of amides is 1. The molecular formula is C19H30N2O4. The van der Waals surface area contributed by atoms with Crippen molar-refractivity contribution in [3.63, 3.8) is 0 Å². The smallest absolute Gasteiger partial charge is 0.331 e. The lowest BCUT2D eigenvalue weighted by molar-refractivity contribution is -0.144. The second-order valence-corrected chi connectivity index (χ2v) is 6.65. The van der Waals surface area contributed by atoms with Crippen molar-refractivity contribution in [1.82, 2.24) is 10.2 Å². The Kier molecular flexibility index (Phi) is 8.15. The van der Waals surface area contributed by atoms with E-state index in [9.17, 15) is 9.59 Å². The summed E-state index contributed by atoms with van der Waals surface area (Å²) in [4.78, 5) is 26.0. The van der Waals surface area contributed by atoms with E-state index in [1.54, 1.807) is 12.2 Å². The third-order valence-corrected chi connectivity index (χ3v) is 4.96. The van der Waals surface area contributed by atoms with Crippen LogP contribution in [0.4, 0.5) is 0 Å². The van der Waals surface area contributed by atoms with Crippen LogP contribution in [0, 0.1) is 0 Å². The summed E-state index contributed by atoms with van der Waals surface area (Å²) in [6.07, 6.45) is 12.3. The molecule has 6 nitrogen and oxygen atoms in total. The van der Waals surface area contributed by atoms with Crippen molar-refractivity contribution in [2.45, 2.75) is 44.6 Å². The zero-order chi connectivity index (χ0) is 18.0. The first kappa shape index (κ1) is 19.7. The molecule has 140 valence electrons. The molecule has 2 aliphatic rings. The van der Waals surface area contributed by atoms with Crippen molar-refractivity contribution in [2.75, 3.05) is 39.5 Å². The van der Waals surface area contributed by atoms with Gasteiger partial charge in [-0.3, -0.25) is 9.69 Å². The summed E-state index contributed by atoms with van der Waals surface area (Å²) >= 11 is 0. The summed E-state index contributed by atoms with van der Waals surface area (Å²) in [5.74, 6) is -0.750. The van der Waals surface area contributed by atoms with Crippen LogP contribution in [0.5, 0.6) is 0 Å². The second kappa shape index (κ2) is 10.4. The van der Waals surface area contributed by atoms with Gasteiger partial charge in [0.15, 0.2) is 6.61 Å². The number of nitrogens with zero attached hydrogens (tertiary/aromatic N) is 1. The van der Waals surface area contributed by atoms with E-state index in [1.807, 2.05) is 13.0 Å². The van der Waals surface area contributed by atoms with Crippen LogP contribution in [0.2, 0.25) is 0 Å². The number of carbonyl (C=O) groups is 2. The van der Waals surface area contributed by atoms with E-state index in [1.165, 1.54) is 25.3 Å². The number of hydrogen-bond acceptors (Lipinski definition) is 5. The molecular weight excluding hydrogens is 320 g/mol. The third kappa shape index (κ3) is 6.29. The number of morpholine rings is 1. The van der Waals surface area contributed by atoms with Crippen molar-refractivity contribution >= 4 is 11.9 Å². The largest absolute Gasteiger partial charge is 0.452 e. The first-order valence-corrected chi connectivity index (χ1v) is 9.22. The fourth-order valence-corrected chi connectivity index (χ4v) is 3.60. The summed E-state index contributed by atoms with van der Waals surface area (Å²) in [6, 6.07) is 0. The summed E-state index contributed by atoms with van der Waals surface area (Å²) in [5, 5.41) is 2.98. The van der Waals surface area contributed by atoms with Crippen LogP contribution >= 0.6 is 0 Å². The Morgan fingerprint density at radius 1 is 1.16 bits per heavy atom. The van der Waals surface area contributed by atoms with Gasteiger partial charge in [0.2, 0.25) is 0 Å². The molecule has 0 atom stereocenters. The van der Waals surface area contributed by atoms with Gasteiger partial charge in [-0.25, -0.2) is 4.79 Å². The van der Waals surface area contributed by atoms with E-state index in [0.717, 1.165) is 39.1 Å². The van der Waals surface area contributed by atoms with Gasteiger partial charge < -0.3 is 14.8 Å². The lowest BCUT2D eigenvalue weighted by Crippen LogP contribution is -2.59. The molecule has 1 heterocycles. The molecule has 6 heteroatoms. The molecule has 1 N–H and O–H groups in total. The highest BCUT2D eigenvalue weighted by Gasteiger charge is 2.38. The molecule has 0 aromatic heterocycles. The molecule has 0 bridgehead atoms. The van der Waals surface area contributed by atoms with Crippen LogP contribution in [-0.4, -0.2) is 61.8 Å². The van der Waals surface area contributed by atoms with Gasteiger partial charge in [0, 0.05) is 31.2 Å². The molecule has 0 unspecified atom stereocenters. The highest BCUT2D eigenvalue weighted by atomic mass is 16.5. The third-order valence-electron chi connectivity index (χ3n) is 4.96. The molecule has 1 aliphatic heterocycles. The Bertz CT molecular complexity index is 490. The summed E-state index contributed by atoms with van der Waals surface area (Å²) in [7, 11) is 0. The molecule has 1 aliphatic carbocycles. The van der Waals surface area contributed by atoms with E-state index in [0.29, 0.717) is 6.54 Å². The number of hydrogen-bond donors (Lipinski definition) is 1. The maximum Gasteiger partial charge on any atom is 0.331 e. The molecule has 1 amide bonds. The number of nitrogens with one attached hydrogen (secondary N) is 1. The van der Waals surface area contributed by atoms with Crippen molar-refractivity contribution < 1.29 is 19.1 Å². The van der Waals surface area contributed by atoms with Crippen LogP contribution in [0.3, 0.4) is 0 Å². The lowest BCUT2D eigenvalue weighted by atomic mass is 9.79. The molecule has 1 saturated carbocycles. The number of carbonyl (C=O) groups excluding carboxylic acids is 2. The van der Waals surface area contributed by atoms with Crippen molar-refractivity contribution in [3.05, 3.63) is 24.3 Å². The molecule has 2 fully saturated rings. The number of ether oxygens (including phenoxy) is 2. The summed E-state index contributed by atoms with van der Waals surface area (Å²) in [6.45, 7) is 5.58. The monoisotopic (exact) mass is 350 g/mol. The Balaban J connectivity index is 1.81. The van der Waals surface area contributed by atoms with Crippen LogP contribution < -0.4 is 5.32 Å². The molecule has 0 spiro atoms. The van der Waals surface area contributed by atoms with Gasteiger partial charge in [-0.05, 0) is 19.8 Å². The SMILES string of the molecule is C/C=C/C=C/C(=O)OCC(=O)NCC1(N2CCOCC2)CCCCC1. The predicted octanol–water partition coefficient (Wildman–Crippen LogP) is 1.81.